The van der Waals surface area contributed by atoms with Gasteiger partial charge in [-0.05, 0) is 0 Å². The third kappa shape index (κ3) is 2.74. The molecule has 5 atom stereocenters. The van der Waals surface area contributed by atoms with E-state index in [-0.39, 0.29) is 11.7 Å². The van der Waals surface area contributed by atoms with Crippen LogP contribution in [0.15, 0.2) is 4.99 Å². The number of halogens is 1. The van der Waals surface area contributed by atoms with E-state index < -0.39 is 49.2 Å². The van der Waals surface area contributed by atoms with Crippen molar-refractivity contribution in [3.05, 3.63) is 0 Å². The van der Waals surface area contributed by atoms with Crippen molar-refractivity contribution >= 4 is 23.0 Å². The molecule has 0 saturated carbocycles. The van der Waals surface area contributed by atoms with E-state index in [1.54, 1.807) is 0 Å². The monoisotopic (exact) mass is 310 g/mol. The summed E-state index contributed by atoms with van der Waals surface area (Å²) in [6, 6.07) is -0.853. The van der Waals surface area contributed by atoms with Gasteiger partial charge in [-0.25, -0.2) is 9.18 Å². The third-order valence-corrected chi connectivity index (χ3v) is 4.26. The number of aliphatic imine (C=N–C) groups is 1. The molecule has 1 saturated heterocycles. The Morgan fingerprint density at radius 3 is 2.70 bits per heavy atom. The summed E-state index contributed by atoms with van der Waals surface area (Å²) >= 11 is 0.920. The van der Waals surface area contributed by atoms with Crippen LogP contribution in [0, 0.1) is 0 Å². The number of carbonyl (C=O) groups is 1. The Hall–Kier alpha value is -0.940. The maximum atomic E-state index is 12.4. The molecule has 0 spiro atoms. The maximum Gasteiger partial charge on any atom is 0.413 e. The summed E-state index contributed by atoms with van der Waals surface area (Å²) in [5.74, 6) is 0. The number of hydrogen-bond donors (Lipinski definition) is 4. The molecule has 8 nitrogen and oxygen atoms in total. The van der Waals surface area contributed by atoms with Crippen LogP contribution in [-0.2, 0) is 4.74 Å². The van der Waals surface area contributed by atoms with Crippen LogP contribution < -0.4 is 0 Å². The molecular weight excluding hydrogens is 295 g/mol. The van der Waals surface area contributed by atoms with Crippen LogP contribution in [0.25, 0.3) is 0 Å². The molecule has 20 heavy (non-hydrogen) atoms. The molecule has 2 rings (SSSR count). The second-order valence-corrected chi connectivity index (χ2v) is 5.42. The van der Waals surface area contributed by atoms with E-state index in [0.29, 0.717) is 0 Å². The van der Waals surface area contributed by atoms with Crippen LogP contribution in [-0.4, -0.2) is 86.2 Å². The molecule has 1 fully saturated rings. The first kappa shape index (κ1) is 15.4. The lowest BCUT2D eigenvalue weighted by Crippen LogP contribution is -2.55. The largest absolute Gasteiger partial charge is 0.465 e. The number of fused-ring (bicyclic) bond motifs is 1. The van der Waals surface area contributed by atoms with Crippen molar-refractivity contribution in [2.24, 2.45) is 4.99 Å². The van der Waals surface area contributed by atoms with Crippen molar-refractivity contribution in [1.82, 2.24) is 4.90 Å². The van der Waals surface area contributed by atoms with Gasteiger partial charge in [0.1, 0.15) is 36.5 Å². The van der Waals surface area contributed by atoms with Crippen LogP contribution >= 0.6 is 11.8 Å². The number of thioether (sulfide) groups is 1. The zero-order valence-corrected chi connectivity index (χ0v) is 11.1. The Morgan fingerprint density at radius 2 is 2.15 bits per heavy atom. The molecule has 10 heteroatoms. The molecule has 4 N–H and O–H groups in total. The highest BCUT2D eigenvalue weighted by Crippen LogP contribution is 2.37. The van der Waals surface area contributed by atoms with E-state index in [0.717, 1.165) is 16.7 Å². The van der Waals surface area contributed by atoms with Crippen molar-refractivity contribution in [3.8, 4) is 0 Å². The van der Waals surface area contributed by atoms with Crippen molar-refractivity contribution < 1.29 is 34.3 Å². The van der Waals surface area contributed by atoms with E-state index in [1.807, 2.05) is 0 Å². The quantitative estimate of drug-likeness (QED) is 0.519. The Bertz CT molecular complexity index is 411. The molecule has 0 aromatic heterocycles. The van der Waals surface area contributed by atoms with Crippen molar-refractivity contribution in [2.75, 3.05) is 19.8 Å². The maximum absolute atomic E-state index is 12.4. The average Bonchev–Trinajstić information content (AvgIpc) is 2.83. The average molecular weight is 310 g/mol. The molecule has 2 aliphatic heterocycles. The molecule has 0 aliphatic carbocycles. The highest BCUT2D eigenvalue weighted by atomic mass is 32.2. The van der Waals surface area contributed by atoms with Crippen molar-refractivity contribution in [3.63, 3.8) is 0 Å². The van der Waals surface area contributed by atoms with Crippen molar-refractivity contribution in [1.29, 1.82) is 0 Å². The fraction of sp³-hybridized carbons (Fsp3) is 0.800. The fourth-order valence-electron chi connectivity index (χ4n) is 2.05. The van der Waals surface area contributed by atoms with E-state index in [4.69, 9.17) is 14.9 Å². The number of amides is 1. The first-order valence-electron chi connectivity index (χ1n) is 5.93. The minimum Gasteiger partial charge on any atom is -0.465 e. The first-order valence-corrected chi connectivity index (χ1v) is 6.81. The van der Waals surface area contributed by atoms with E-state index >= 15 is 0 Å². The highest BCUT2D eigenvalue weighted by molar-refractivity contribution is 8.14. The molecule has 114 valence electrons. The first-order chi connectivity index (χ1) is 9.49. The summed E-state index contributed by atoms with van der Waals surface area (Å²) in [4.78, 5) is 15.7. The number of alkyl halides is 1. The number of rotatable bonds is 3. The third-order valence-electron chi connectivity index (χ3n) is 3.10. The van der Waals surface area contributed by atoms with Crippen molar-refractivity contribution in [2.45, 2.75) is 29.8 Å². The topological polar surface area (TPSA) is 123 Å². The highest BCUT2D eigenvalue weighted by Gasteiger charge is 2.49. The molecule has 0 radical (unpaired) electrons. The molecule has 2 aliphatic rings. The number of aliphatic hydroxyl groups excluding tert-OH is 3. The molecule has 0 aromatic carbocycles. The Labute approximate surface area is 117 Å². The van der Waals surface area contributed by atoms with E-state index in [9.17, 15) is 19.4 Å². The lowest BCUT2D eigenvalue weighted by atomic mass is 9.99. The van der Waals surface area contributed by atoms with Gasteiger partial charge >= 0.3 is 6.09 Å². The normalized spacial score (nSPS) is 36.4. The van der Waals surface area contributed by atoms with Crippen LogP contribution in [0.4, 0.5) is 9.18 Å². The Kier molecular flexibility index (Phi) is 4.81. The lowest BCUT2D eigenvalue weighted by Gasteiger charge is -2.37. The van der Waals surface area contributed by atoms with Crippen LogP contribution in [0.5, 0.6) is 0 Å². The van der Waals surface area contributed by atoms with E-state index in [2.05, 4.69) is 4.99 Å². The summed E-state index contributed by atoms with van der Waals surface area (Å²) in [7, 11) is 0. The van der Waals surface area contributed by atoms with E-state index in [1.165, 1.54) is 0 Å². The van der Waals surface area contributed by atoms with Gasteiger partial charge in [-0.3, -0.25) is 9.89 Å². The predicted molar refractivity (Wildman–Crippen MR) is 67.3 cm³/mol. The standard InChI is InChI=1S/C10H15FN2O6S/c11-1-2-13(10(17)18)9-12-5-7(16)6(15)4(3-14)19-8(5)20-9/h4-8,14-16H,1-3H2,(H,17,18)/t4-,5-,6-,7-,8-/m1/s1. The molecule has 2 heterocycles. The Balaban J connectivity index is 2.16. The zero-order chi connectivity index (χ0) is 14.9. The fourth-order valence-corrected chi connectivity index (χ4v) is 3.30. The summed E-state index contributed by atoms with van der Waals surface area (Å²) < 4.78 is 17.7. The number of amidine groups is 1. The van der Waals surface area contributed by atoms with Gasteiger partial charge in [0.15, 0.2) is 5.17 Å². The summed E-state index contributed by atoms with van der Waals surface area (Å²) in [6.45, 7) is -1.72. The number of ether oxygens (including phenoxy) is 1. The van der Waals surface area contributed by atoms with Crippen LogP contribution in [0.1, 0.15) is 0 Å². The van der Waals surface area contributed by atoms with Gasteiger partial charge in [0.25, 0.3) is 0 Å². The Morgan fingerprint density at radius 1 is 1.45 bits per heavy atom. The number of nitrogens with zero attached hydrogens (tertiary/aromatic N) is 2. The summed E-state index contributed by atoms with van der Waals surface area (Å²) in [6.07, 6.45) is -4.92. The molecule has 0 bridgehead atoms. The number of hydrogen-bond acceptors (Lipinski definition) is 7. The molecule has 0 unspecified atom stereocenters. The SMILES string of the molecule is O=C(O)N(CCF)C1=N[C@@H]2[C@@H](O)[C@H](O)[C@@H](CO)O[C@@H]2S1. The molecule has 1 amide bonds. The van der Waals surface area contributed by atoms with Gasteiger partial charge in [0.2, 0.25) is 0 Å². The minimum atomic E-state index is -1.36. The second kappa shape index (κ2) is 6.22. The van der Waals surface area contributed by atoms with Crippen LogP contribution in [0.3, 0.4) is 0 Å². The van der Waals surface area contributed by atoms with Gasteiger partial charge in [-0.1, -0.05) is 11.8 Å². The van der Waals surface area contributed by atoms with Gasteiger partial charge in [0.05, 0.1) is 13.2 Å². The predicted octanol–water partition coefficient (Wildman–Crippen LogP) is -1.15. The smallest absolute Gasteiger partial charge is 0.413 e. The van der Waals surface area contributed by atoms with Gasteiger partial charge < -0.3 is 25.2 Å². The van der Waals surface area contributed by atoms with Gasteiger partial charge in [0, 0.05) is 0 Å². The minimum absolute atomic E-state index is 0.00925. The molecule has 0 aromatic rings. The molecular formula is C10H15FN2O6S. The second-order valence-electron chi connectivity index (χ2n) is 4.35. The van der Waals surface area contributed by atoms with Gasteiger partial charge in [-0.2, -0.15) is 0 Å². The van der Waals surface area contributed by atoms with Gasteiger partial charge in [-0.15, -0.1) is 0 Å². The number of carboxylic acid groups (broad SMARTS) is 1. The zero-order valence-electron chi connectivity index (χ0n) is 10.3. The lowest BCUT2D eigenvalue weighted by molar-refractivity contribution is -0.164. The summed E-state index contributed by atoms with van der Waals surface area (Å²) in [5, 5.41) is 37.7. The van der Waals surface area contributed by atoms with Crippen LogP contribution in [0.2, 0.25) is 0 Å². The number of aliphatic hydroxyl groups is 3. The summed E-state index contributed by atoms with van der Waals surface area (Å²) in [5.41, 5.74) is -0.720.